The van der Waals surface area contributed by atoms with Crippen molar-refractivity contribution in [1.29, 1.82) is 0 Å². The second kappa shape index (κ2) is 33.2. The molecule has 0 saturated carbocycles. The molecule has 0 aliphatic rings. The van der Waals surface area contributed by atoms with Crippen LogP contribution in [0, 0.1) is 0 Å². The van der Waals surface area contributed by atoms with Gasteiger partial charge in [0, 0.05) is 32.8 Å². The molecule has 0 radical (unpaired) electrons. The number of nitrogens with zero attached hydrogens (tertiary/aromatic N) is 1. The van der Waals surface area contributed by atoms with Crippen LogP contribution in [0.1, 0.15) is 19.8 Å². The van der Waals surface area contributed by atoms with Crippen molar-refractivity contribution in [3.63, 3.8) is 0 Å². The molecule has 0 saturated heterocycles. The second-order valence-electron chi connectivity index (χ2n) is 8.29. The number of hydrogen-bond donors (Lipinski definition) is 2. The Hall–Kier alpha value is -0.970. The third kappa shape index (κ3) is 33.1. The first-order valence-corrected chi connectivity index (χ1v) is 14.0. The van der Waals surface area contributed by atoms with Gasteiger partial charge in [-0.05, 0) is 6.42 Å². The van der Waals surface area contributed by atoms with Gasteiger partial charge in [-0.2, -0.15) is 0 Å². The molecule has 0 heterocycles. The molecule has 0 rings (SSSR count). The van der Waals surface area contributed by atoms with Gasteiger partial charge in [-0.1, -0.05) is 6.92 Å². The molecule has 0 aliphatic carbocycles. The van der Waals surface area contributed by atoms with Gasteiger partial charge in [-0.25, -0.2) is 0 Å². The van der Waals surface area contributed by atoms with Gasteiger partial charge in [0.2, 0.25) is 0 Å². The molecule has 0 atom stereocenters. The monoisotopic (exact) mass is 570 g/mol. The lowest BCUT2D eigenvalue weighted by molar-refractivity contribution is -0.138. The van der Waals surface area contributed by atoms with Gasteiger partial charge in [-0.3, -0.25) is 9.69 Å². The van der Waals surface area contributed by atoms with Crippen molar-refractivity contribution >= 4 is 5.97 Å². The van der Waals surface area contributed by atoms with Gasteiger partial charge in [0.15, 0.2) is 0 Å². The van der Waals surface area contributed by atoms with Crippen LogP contribution in [0.4, 0.5) is 0 Å². The van der Waals surface area contributed by atoms with Crippen molar-refractivity contribution in [2.24, 2.45) is 5.73 Å². The molecule has 0 bridgehead atoms. The average molecular weight is 571 g/mol. The zero-order valence-electron chi connectivity index (χ0n) is 24.0. The first-order chi connectivity index (χ1) is 19.2. The quantitative estimate of drug-likeness (QED) is 0.102. The zero-order chi connectivity index (χ0) is 28.5. The van der Waals surface area contributed by atoms with E-state index in [2.05, 4.69) is 11.8 Å². The molecular formula is C26H54N2O11. The van der Waals surface area contributed by atoms with Gasteiger partial charge in [0.05, 0.1) is 119 Å². The SMILES string of the molecule is CCCOCCOCCOCCN(CCOCCOCCOCCN)CCOCCOCCOCCC(=O)O. The fourth-order valence-corrected chi connectivity index (χ4v) is 2.93. The molecule has 0 unspecified atom stereocenters. The summed E-state index contributed by atoms with van der Waals surface area (Å²) < 4.78 is 49.3. The molecule has 0 aromatic rings. The van der Waals surface area contributed by atoms with Crippen molar-refractivity contribution in [3.05, 3.63) is 0 Å². The van der Waals surface area contributed by atoms with Crippen LogP contribution in [0.2, 0.25) is 0 Å². The summed E-state index contributed by atoms with van der Waals surface area (Å²) >= 11 is 0. The van der Waals surface area contributed by atoms with E-state index in [1.807, 2.05) is 0 Å². The number of aliphatic carboxylic acids is 1. The molecule has 0 aromatic heterocycles. The van der Waals surface area contributed by atoms with Crippen molar-refractivity contribution in [2.75, 3.05) is 145 Å². The summed E-state index contributed by atoms with van der Waals surface area (Å²) in [5.74, 6) is -0.872. The van der Waals surface area contributed by atoms with E-state index in [0.29, 0.717) is 112 Å². The number of nitrogens with two attached hydrogens (primary N) is 1. The molecule has 13 heteroatoms. The summed E-state index contributed by atoms with van der Waals surface area (Å²) in [4.78, 5) is 12.6. The number of carboxylic acid groups (broad SMARTS) is 1. The standard InChI is InChI=1S/C26H54N2O11/c1-2-8-31-14-20-37-23-17-34-11-5-28(7-13-36-19-25-39-22-16-33-10-4-27)6-12-35-18-24-38-21-15-32-9-3-26(29)30/h2-25,27H2,1H3,(H,29,30). The number of rotatable bonds is 34. The lowest BCUT2D eigenvalue weighted by atomic mass is 10.4. The van der Waals surface area contributed by atoms with Crippen LogP contribution in [0.15, 0.2) is 0 Å². The van der Waals surface area contributed by atoms with Gasteiger partial charge in [-0.15, -0.1) is 0 Å². The van der Waals surface area contributed by atoms with E-state index in [9.17, 15) is 4.79 Å². The van der Waals surface area contributed by atoms with Crippen molar-refractivity contribution < 1.29 is 52.5 Å². The molecule has 0 aliphatic heterocycles. The topological polar surface area (TPSA) is 150 Å². The predicted octanol–water partition coefficient (Wildman–Crippen LogP) is 0.281. The lowest BCUT2D eigenvalue weighted by Gasteiger charge is -2.22. The van der Waals surface area contributed by atoms with Gasteiger partial charge in [0.1, 0.15) is 0 Å². The Morgan fingerprint density at radius 3 is 1.15 bits per heavy atom. The Labute approximate surface area is 234 Å². The lowest BCUT2D eigenvalue weighted by Crippen LogP contribution is -2.34. The normalized spacial score (nSPS) is 11.6. The highest BCUT2D eigenvalue weighted by atomic mass is 16.6. The molecule has 0 amide bonds. The number of hydrogen-bond acceptors (Lipinski definition) is 12. The Bertz CT molecular complexity index is 469. The molecule has 234 valence electrons. The Balaban J connectivity index is 3.89. The van der Waals surface area contributed by atoms with E-state index in [0.717, 1.165) is 32.7 Å². The first-order valence-electron chi connectivity index (χ1n) is 14.0. The van der Waals surface area contributed by atoms with E-state index >= 15 is 0 Å². The highest BCUT2D eigenvalue weighted by Crippen LogP contribution is 1.93. The van der Waals surface area contributed by atoms with Crippen molar-refractivity contribution in [3.8, 4) is 0 Å². The van der Waals surface area contributed by atoms with Crippen LogP contribution in [0.3, 0.4) is 0 Å². The molecule has 13 nitrogen and oxygen atoms in total. The maximum Gasteiger partial charge on any atom is 0.305 e. The number of ether oxygens (including phenoxy) is 9. The van der Waals surface area contributed by atoms with Gasteiger partial charge in [0.25, 0.3) is 0 Å². The fraction of sp³-hybridized carbons (Fsp3) is 0.962. The van der Waals surface area contributed by atoms with Gasteiger partial charge < -0.3 is 53.5 Å². The zero-order valence-corrected chi connectivity index (χ0v) is 24.0. The third-order valence-electron chi connectivity index (χ3n) is 4.96. The highest BCUT2D eigenvalue weighted by molar-refractivity contribution is 5.66. The summed E-state index contributed by atoms with van der Waals surface area (Å²) in [6, 6.07) is 0. The summed E-state index contributed by atoms with van der Waals surface area (Å²) in [6.07, 6.45) is 1.01. The molecule has 0 spiro atoms. The van der Waals surface area contributed by atoms with Crippen LogP contribution >= 0.6 is 0 Å². The number of carboxylic acids is 1. The maximum absolute atomic E-state index is 10.4. The predicted molar refractivity (Wildman–Crippen MR) is 145 cm³/mol. The fourth-order valence-electron chi connectivity index (χ4n) is 2.93. The summed E-state index contributed by atoms with van der Waals surface area (Å²) in [5.41, 5.74) is 5.37. The Morgan fingerprint density at radius 1 is 0.513 bits per heavy atom. The Kier molecular flexibility index (Phi) is 32.4. The minimum atomic E-state index is -0.872. The molecular weight excluding hydrogens is 516 g/mol. The van der Waals surface area contributed by atoms with Crippen molar-refractivity contribution in [1.82, 2.24) is 4.90 Å². The molecule has 39 heavy (non-hydrogen) atoms. The molecule has 0 aromatic carbocycles. The van der Waals surface area contributed by atoms with E-state index in [1.165, 1.54) is 0 Å². The third-order valence-corrected chi connectivity index (χ3v) is 4.96. The Morgan fingerprint density at radius 2 is 0.821 bits per heavy atom. The van der Waals surface area contributed by atoms with E-state index in [4.69, 9.17) is 53.5 Å². The summed E-state index contributed by atoms with van der Waals surface area (Å²) in [5, 5.41) is 8.55. The first kappa shape index (κ1) is 38.0. The minimum absolute atomic E-state index is 0.00312. The maximum atomic E-state index is 10.4. The van der Waals surface area contributed by atoms with Crippen LogP contribution in [0.25, 0.3) is 0 Å². The minimum Gasteiger partial charge on any atom is -0.481 e. The van der Waals surface area contributed by atoms with E-state index in [1.54, 1.807) is 0 Å². The average Bonchev–Trinajstić information content (AvgIpc) is 2.93. The van der Waals surface area contributed by atoms with Crippen LogP contribution in [0.5, 0.6) is 0 Å². The van der Waals surface area contributed by atoms with Crippen LogP contribution < -0.4 is 5.73 Å². The number of carbonyl (C=O) groups is 1. The largest absolute Gasteiger partial charge is 0.481 e. The van der Waals surface area contributed by atoms with Crippen molar-refractivity contribution in [2.45, 2.75) is 19.8 Å². The smallest absolute Gasteiger partial charge is 0.305 e. The summed E-state index contributed by atoms with van der Waals surface area (Å²) in [6.45, 7) is 14.2. The van der Waals surface area contributed by atoms with Gasteiger partial charge >= 0.3 is 5.97 Å². The van der Waals surface area contributed by atoms with E-state index in [-0.39, 0.29) is 13.0 Å². The van der Waals surface area contributed by atoms with Crippen LogP contribution in [-0.2, 0) is 47.4 Å². The summed E-state index contributed by atoms with van der Waals surface area (Å²) in [7, 11) is 0. The van der Waals surface area contributed by atoms with Crippen LogP contribution in [-0.4, -0.2) is 161 Å². The molecule has 3 N–H and O–H groups in total. The highest BCUT2D eigenvalue weighted by Gasteiger charge is 2.06. The molecule has 0 fully saturated rings. The van der Waals surface area contributed by atoms with E-state index < -0.39 is 5.97 Å². The second-order valence-corrected chi connectivity index (χ2v) is 8.29.